The lowest BCUT2D eigenvalue weighted by atomic mass is 10.1. The second kappa shape index (κ2) is 9.96. The SMILES string of the molecule is CNC(=O)c1ccc(-c2nc(CN3CCN(S(=O)(=O)c4ccc(OC)cc4)CC3)c(C)o2)cc1. The molecule has 0 radical (unpaired) electrons. The Bertz CT molecular complexity index is 1250. The zero-order chi connectivity index (χ0) is 24.3. The molecule has 1 amide bonds. The number of piperazine rings is 1. The van der Waals surface area contributed by atoms with Gasteiger partial charge in [0.25, 0.3) is 5.91 Å². The number of nitrogens with zero attached hydrogens (tertiary/aromatic N) is 3. The number of methoxy groups -OCH3 is 1. The fourth-order valence-corrected chi connectivity index (χ4v) is 5.27. The predicted molar refractivity (Wildman–Crippen MR) is 127 cm³/mol. The zero-order valence-corrected chi connectivity index (χ0v) is 20.3. The summed E-state index contributed by atoms with van der Waals surface area (Å²) in [6.45, 7) is 4.44. The highest BCUT2D eigenvalue weighted by atomic mass is 32.2. The van der Waals surface area contributed by atoms with Crippen LogP contribution in [0.4, 0.5) is 0 Å². The van der Waals surface area contributed by atoms with E-state index in [4.69, 9.17) is 9.15 Å². The van der Waals surface area contributed by atoms with Gasteiger partial charge >= 0.3 is 0 Å². The molecule has 1 aliphatic heterocycles. The van der Waals surface area contributed by atoms with Crippen molar-refractivity contribution < 1.29 is 22.4 Å². The Morgan fingerprint density at radius 2 is 1.71 bits per heavy atom. The third-order valence-electron chi connectivity index (χ3n) is 5.92. The molecule has 3 aromatic rings. The molecule has 0 saturated carbocycles. The Hall–Kier alpha value is -3.21. The van der Waals surface area contributed by atoms with Crippen molar-refractivity contribution >= 4 is 15.9 Å². The van der Waals surface area contributed by atoms with Crippen LogP contribution in [0.15, 0.2) is 57.8 Å². The molecule has 0 aliphatic carbocycles. The highest BCUT2D eigenvalue weighted by Gasteiger charge is 2.29. The number of aryl methyl sites for hydroxylation is 1. The number of hydrogen-bond donors (Lipinski definition) is 1. The van der Waals surface area contributed by atoms with E-state index in [1.807, 2.05) is 19.1 Å². The Kier molecular flexibility index (Phi) is 7.01. The van der Waals surface area contributed by atoms with Crippen molar-refractivity contribution in [2.24, 2.45) is 0 Å². The number of amides is 1. The normalized spacial score (nSPS) is 15.3. The Morgan fingerprint density at radius 1 is 1.06 bits per heavy atom. The molecule has 1 N–H and O–H groups in total. The maximum absolute atomic E-state index is 13.0. The first kappa shape index (κ1) is 23.9. The summed E-state index contributed by atoms with van der Waals surface area (Å²) in [5, 5.41) is 2.60. The second-order valence-corrected chi connectivity index (χ2v) is 9.97. The minimum Gasteiger partial charge on any atom is -0.497 e. The number of hydrogen-bond acceptors (Lipinski definition) is 7. The van der Waals surface area contributed by atoms with Gasteiger partial charge in [-0.05, 0) is 55.5 Å². The van der Waals surface area contributed by atoms with Gasteiger partial charge in [-0.1, -0.05) is 0 Å². The quantitative estimate of drug-likeness (QED) is 0.549. The topological polar surface area (TPSA) is 105 Å². The molecule has 0 spiro atoms. The van der Waals surface area contributed by atoms with Crippen molar-refractivity contribution in [2.45, 2.75) is 18.4 Å². The van der Waals surface area contributed by atoms with Crippen LogP contribution in [0.2, 0.25) is 0 Å². The number of rotatable bonds is 7. The molecular weight excluding hydrogens is 456 g/mol. The van der Waals surface area contributed by atoms with Gasteiger partial charge in [0.05, 0.1) is 17.7 Å². The molecule has 1 saturated heterocycles. The zero-order valence-electron chi connectivity index (χ0n) is 19.4. The highest BCUT2D eigenvalue weighted by Crippen LogP contribution is 2.25. The second-order valence-electron chi connectivity index (χ2n) is 8.03. The van der Waals surface area contributed by atoms with Crippen LogP contribution in [0.3, 0.4) is 0 Å². The standard InChI is InChI=1S/C24H28N4O5S/c1-17-22(26-24(33-17)19-6-4-18(5-7-19)23(29)25-2)16-27-12-14-28(15-13-27)34(30,31)21-10-8-20(32-3)9-11-21/h4-11H,12-16H2,1-3H3,(H,25,29). The maximum atomic E-state index is 13.0. The van der Waals surface area contributed by atoms with Gasteiger partial charge in [-0.15, -0.1) is 0 Å². The lowest BCUT2D eigenvalue weighted by Crippen LogP contribution is -2.48. The average Bonchev–Trinajstić information content (AvgIpc) is 3.23. The van der Waals surface area contributed by atoms with Crippen molar-refractivity contribution in [3.63, 3.8) is 0 Å². The molecule has 4 rings (SSSR count). The van der Waals surface area contributed by atoms with Crippen LogP contribution in [0, 0.1) is 6.92 Å². The van der Waals surface area contributed by atoms with Gasteiger partial charge in [0.2, 0.25) is 15.9 Å². The summed E-state index contributed by atoms with van der Waals surface area (Å²) in [5.41, 5.74) is 2.17. The molecule has 10 heteroatoms. The van der Waals surface area contributed by atoms with E-state index < -0.39 is 10.0 Å². The van der Waals surface area contributed by atoms with Crippen LogP contribution in [-0.4, -0.2) is 68.9 Å². The number of ether oxygens (including phenoxy) is 1. The summed E-state index contributed by atoms with van der Waals surface area (Å²) >= 11 is 0. The monoisotopic (exact) mass is 484 g/mol. The number of carbonyl (C=O) groups excluding carboxylic acids is 1. The summed E-state index contributed by atoms with van der Waals surface area (Å²) < 4.78 is 38.4. The van der Waals surface area contributed by atoms with Gasteiger partial charge < -0.3 is 14.5 Å². The van der Waals surface area contributed by atoms with E-state index in [1.165, 1.54) is 4.31 Å². The average molecular weight is 485 g/mol. The van der Waals surface area contributed by atoms with Crippen LogP contribution < -0.4 is 10.1 Å². The number of aromatic nitrogens is 1. The van der Waals surface area contributed by atoms with Crippen LogP contribution in [-0.2, 0) is 16.6 Å². The lowest BCUT2D eigenvalue weighted by Gasteiger charge is -2.33. The van der Waals surface area contributed by atoms with Crippen LogP contribution in [0.5, 0.6) is 5.75 Å². The van der Waals surface area contributed by atoms with E-state index in [9.17, 15) is 13.2 Å². The smallest absolute Gasteiger partial charge is 0.251 e. The van der Waals surface area contributed by atoms with Crippen molar-refractivity contribution in [3.8, 4) is 17.2 Å². The van der Waals surface area contributed by atoms with E-state index in [2.05, 4.69) is 15.2 Å². The van der Waals surface area contributed by atoms with Gasteiger partial charge in [-0.25, -0.2) is 13.4 Å². The molecule has 9 nitrogen and oxygen atoms in total. The molecule has 1 aromatic heterocycles. The van der Waals surface area contributed by atoms with E-state index in [0.717, 1.165) is 17.0 Å². The number of oxazole rings is 1. The number of carbonyl (C=O) groups is 1. The largest absolute Gasteiger partial charge is 0.497 e. The molecule has 0 unspecified atom stereocenters. The molecule has 180 valence electrons. The van der Waals surface area contributed by atoms with Gasteiger partial charge in [0, 0.05) is 50.9 Å². The number of benzene rings is 2. The first-order valence-corrected chi connectivity index (χ1v) is 12.4. The van der Waals surface area contributed by atoms with Crippen molar-refractivity contribution in [1.29, 1.82) is 0 Å². The van der Waals surface area contributed by atoms with Crippen LogP contribution in [0.25, 0.3) is 11.5 Å². The molecule has 34 heavy (non-hydrogen) atoms. The van der Waals surface area contributed by atoms with Gasteiger partial charge in [-0.3, -0.25) is 9.69 Å². The first-order valence-electron chi connectivity index (χ1n) is 11.0. The summed E-state index contributed by atoms with van der Waals surface area (Å²) in [4.78, 5) is 18.8. The van der Waals surface area contributed by atoms with Crippen molar-refractivity contribution in [3.05, 3.63) is 65.5 Å². The minimum atomic E-state index is -3.55. The van der Waals surface area contributed by atoms with E-state index in [-0.39, 0.29) is 10.8 Å². The van der Waals surface area contributed by atoms with Crippen molar-refractivity contribution in [2.75, 3.05) is 40.3 Å². The third kappa shape index (κ3) is 4.98. The summed E-state index contributed by atoms with van der Waals surface area (Å²) in [5.74, 6) is 1.69. The molecule has 0 bridgehead atoms. The third-order valence-corrected chi connectivity index (χ3v) is 7.83. The van der Waals surface area contributed by atoms with Gasteiger partial charge in [0.1, 0.15) is 11.5 Å². The molecule has 2 aromatic carbocycles. The first-order chi connectivity index (χ1) is 16.3. The Labute approximate surface area is 199 Å². The fourth-order valence-electron chi connectivity index (χ4n) is 3.84. The lowest BCUT2D eigenvalue weighted by molar-refractivity contribution is 0.0963. The van der Waals surface area contributed by atoms with E-state index >= 15 is 0 Å². The van der Waals surface area contributed by atoms with Gasteiger partial charge in [0.15, 0.2) is 0 Å². The van der Waals surface area contributed by atoms with E-state index in [1.54, 1.807) is 50.6 Å². The number of sulfonamides is 1. The predicted octanol–water partition coefficient (Wildman–Crippen LogP) is 2.52. The fraction of sp³-hybridized carbons (Fsp3) is 0.333. The molecule has 1 aliphatic rings. The minimum absolute atomic E-state index is 0.149. The van der Waals surface area contributed by atoms with Crippen LogP contribution in [0.1, 0.15) is 21.8 Å². The van der Waals surface area contributed by atoms with Gasteiger partial charge in [-0.2, -0.15) is 4.31 Å². The molecule has 2 heterocycles. The molecule has 0 atom stereocenters. The van der Waals surface area contributed by atoms with E-state index in [0.29, 0.717) is 49.9 Å². The Balaban J connectivity index is 1.39. The molecular formula is C24H28N4O5S. The maximum Gasteiger partial charge on any atom is 0.251 e. The van der Waals surface area contributed by atoms with Crippen molar-refractivity contribution in [1.82, 2.24) is 19.5 Å². The number of nitrogens with one attached hydrogen (secondary N) is 1. The summed E-state index contributed by atoms with van der Waals surface area (Å²) in [6.07, 6.45) is 0. The summed E-state index contributed by atoms with van der Waals surface area (Å²) in [7, 11) is -0.408. The Morgan fingerprint density at radius 3 is 2.29 bits per heavy atom. The summed E-state index contributed by atoms with van der Waals surface area (Å²) in [6, 6.07) is 13.5. The van der Waals surface area contributed by atoms with Crippen LogP contribution >= 0.6 is 0 Å². The molecule has 1 fully saturated rings. The highest BCUT2D eigenvalue weighted by molar-refractivity contribution is 7.89.